The highest BCUT2D eigenvalue weighted by Crippen LogP contribution is 2.68. The zero-order valence-corrected chi connectivity index (χ0v) is 11.1. The summed E-state index contributed by atoms with van der Waals surface area (Å²) in [5.74, 6) is 0. The maximum atomic E-state index is 11.4. The van der Waals surface area contributed by atoms with Gasteiger partial charge in [-0.15, -0.1) is 0 Å². The second kappa shape index (κ2) is 4.09. The first-order valence-corrected chi connectivity index (χ1v) is 8.62. The van der Waals surface area contributed by atoms with E-state index >= 15 is 0 Å². The van der Waals surface area contributed by atoms with E-state index < -0.39 is 21.7 Å². The predicted octanol–water partition coefficient (Wildman–Crippen LogP) is 0.366. The molecular formula is C7H14N2O7P2. The molecule has 0 radical (unpaired) electrons. The molecule has 1 saturated carbocycles. The molecule has 4 N–H and O–H groups in total. The summed E-state index contributed by atoms with van der Waals surface area (Å²) in [6.45, 7) is 0. The Labute approximate surface area is 103 Å². The summed E-state index contributed by atoms with van der Waals surface area (Å²) in [4.78, 5) is 18.6. The molecule has 18 heavy (non-hydrogen) atoms. The molecule has 2 heterocycles. The molecular weight excluding hydrogens is 286 g/mol. The fourth-order valence-electron chi connectivity index (χ4n) is 2.62. The van der Waals surface area contributed by atoms with Gasteiger partial charge in [0.05, 0.1) is 0 Å². The lowest BCUT2D eigenvalue weighted by molar-refractivity contribution is -0.186. The van der Waals surface area contributed by atoms with E-state index in [4.69, 9.17) is 9.05 Å². The van der Waals surface area contributed by atoms with Crippen molar-refractivity contribution in [2.45, 2.75) is 43.8 Å². The van der Waals surface area contributed by atoms with Crippen LogP contribution in [0, 0.1) is 0 Å². The average molecular weight is 300 g/mol. The molecule has 0 aromatic heterocycles. The summed E-state index contributed by atoms with van der Waals surface area (Å²) in [5, 5.41) is 5.64. The molecule has 0 amide bonds. The Balaban J connectivity index is 1.87. The molecule has 0 bridgehead atoms. The summed E-state index contributed by atoms with van der Waals surface area (Å²) in [6, 6.07) is -1.99. The van der Waals surface area contributed by atoms with Crippen LogP contribution in [-0.4, -0.2) is 27.9 Å². The second-order valence-electron chi connectivity index (χ2n) is 4.60. The molecule has 3 aliphatic rings. The highest BCUT2D eigenvalue weighted by Gasteiger charge is 2.60. The number of hydrogen-bond donors (Lipinski definition) is 4. The summed E-state index contributed by atoms with van der Waals surface area (Å²) in [5.41, 5.74) is 0. The summed E-state index contributed by atoms with van der Waals surface area (Å²) < 4.78 is 36.4. The summed E-state index contributed by atoms with van der Waals surface area (Å²) in [6.07, 6.45) is 3.68. The van der Waals surface area contributed by atoms with Crippen LogP contribution in [0.1, 0.15) is 25.7 Å². The maximum Gasteiger partial charge on any atom is 0.485 e. The lowest BCUT2D eigenvalue weighted by Gasteiger charge is -2.36. The zero-order chi connectivity index (χ0) is 13.0. The predicted molar refractivity (Wildman–Crippen MR) is 58.0 cm³/mol. The lowest BCUT2D eigenvalue weighted by atomic mass is 9.92. The van der Waals surface area contributed by atoms with Crippen molar-refractivity contribution in [2.75, 3.05) is 0 Å². The van der Waals surface area contributed by atoms with Gasteiger partial charge in [0.25, 0.3) is 0 Å². The molecule has 1 aliphatic carbocycles. The van der Waals surface area contributed by atoms with Crippen molar-refractivity contribution in [1.29, 1.82) is 0 Å². The fourth-order valence-corrected chi connectivity index (χ4v) is 4.92. The largest absolute Gasteiger partial charge is 0.485 e. The molecule has 1 spiro atoms. The molecule has 2 aliphatic heterocycles. The normalized spacial score (nSPS) is 56.6. The number of rotatable bonds is 0. The van der Waals surface area contributed by atoms with E-state index in [0.29, 0.717) is 0 Å². The Morgan fingerprint density at radius 2 is 1.44 bits per heavy atom. The van der Waals surface area contributed by atoms with Crippen molar-refractivity contribution in [1.82, 2.24) is 10.6 Å². The van der Waals surface area contributed by atoms with Gasteiger partial charge in [0.1, 0.15) is 0 Å². The first-order chi connectivity index (χ1) is 8.29. The van der Waals surface area contributed by atoms with Crippen molar-refractivity contribution < 1.29 is 32.3 Å². The molecule has 4 atom stereocenters. The fraction of sp³-hybridized carbons (Fsp3) is 1.00. The van der Waals surface area contributed by atoms with Crippen molar-refractivity contribution in [3.05, 3.63) is 0 Å². The van der Waals surface area contributed by atoms with E-state index in [1.807, 2.05) is 0 Å². The minimum atomic E-state index is -4.64. The Morgan fingerprint density at radius 1 is 1.00 bits per heavy atom. The van der Waals surface area contributed by atoms with Crippen LogP contribution >= 0.6 is 15.6 Å². The van der Waals surface area contributed by atoms with Crippen LogP contribution in [0.4, 0.5) is 0 Å². The highest BCUT2D eigenvalue weighted by atomic mass is 31.3. The van der Waals surface area contributed by atoms with E-state index in [-0.39, 0.29) is 12.1 Å². The second-order valence-corrected chi connectivity index (χ2v) is 7.50. The van der Waals surface area contributed by atoms with Crippen molar-refractivity contribution in [3.8, 4) is 0 Å². The SMILES string of the molecule is O=P1(O)OC2(N[C@@H]3CCCC[C@H]3N2)OP(=O)(O)O1. The zero-order valence-electron chi connectivity index (χ0n) is 9.31. The maximum absolute atomic E-state index is 11.4. The van der Waals surface area contributed by atoms with Crippen LogP contribution in [0.2, 0.25) is 0 Å². The third-order valence-electron chi connectivity index (χ3n) is 3.21. The van der Waals surface area contributed by atoms with Gasteiger partial charge in [0, 0.05) is 12.1 Å². The number of nitrogens with one attached hydrogen (secondary N) is 2. The number of phosphoric acid groups is 2. The molecule has 2 unspecified atom stereocenters. The van der Waals surface area contributed by atoms with Crippen LogP contribution in [0.15, 0.2) is 0 Å². The number of hydrogen-bond acceptors (Lipinski definition) is 7. The van der Waals surface area contributed by atoms with Gasteiger partial charge in [-0.3, -0.25) is 0 Å². The van der Waals surface area contributed by atoms with E-state index in [9.17, 15) is 18.9 Å². The van der Waals surface area contributed by atoms with Gasteiger partial charge in [-0.2, -0.15) is 4.31 Å². The van der Waals surface area contributed by atoms with Gasteiger partial charge in [-0.25, -0.2) is 28.8 Å². The molecule has 0 aromatic rings. The van der Waals surface area contributed by atoms with Crippen molar-refractivity contribution >= 4 is 15.6 Å². The Morgan fingerprint density at radius 3 is 1.89 bits per heavy atom. The van der Waals surface area contributed by atoms with Crippen LogP contribution in [-0.2, 0) is 22.5 Å². The van der Waals surface area contributed by atoms with Gasteiger partial charge in [-0.05, 0) is 12.8 Å². The first-order valence-electron chi connectivity index (χ1n) is 5.63. The van der Waals surface area contributed by atoms with Gasteiger partial charge < -0.3 is 9.79 Å². The molecule has 2 saturated heterocycles. The van der Waals surface area contributed by atoms with Gasteiger partial charge in [0.15, 0.2) is 0 Å². The van der Waals surface area contributed by atoms with Crippen molar-refractivity contribution in [3.63, 3.8) is 0 Å². The topological polar surface area (TPSA) is 126 Å². The van der Waals surface area contributed by atoms with Gasteiger partial charge >= 0.3 is 21.7 Å². The van der Waals surface area contributed by atoms with Gasteiger partial charge in [0.2, 0.25) is 0 Å². The Hall–Kier alpha value is 0.180. The standard InChI is InChI=1S/C7H14N2O7P2/c10-17(11)14-7(15-18(12,13)16-17)8-5-3-1-2-4-6(5)9-7/h5-6,8-9H,1-4H2,(H,10,11)(H,12,13)/t5-,6-/m1/s1. The molecule has 3 rings (SSSR count). The monoisotopic (exact) mass is 300 g/mol. The minimum absolute atomic E-state index is 0.0307. The third-order valence-corrected chi connectivity index (χ3v) is 5.84. The summed E-state index contributed by atoms with van der Waals surface area (Å²) >= 11 is 0. The number of phosphoric ester groups is 2. The first kappa shape index (κ1) is 13.2. The molecule has 9 nitrogen and oxygen atoms in total. The smallest absolute Gasteiger partial charge is 0.302 e. The Kier molecular flexibility index (Phi) is 2.99. The van der Waals surface area contributed by atoms with Crippen LogP contribution in [0.5, 0.6) is 0 Å². The summed E-state index contributed by atoms with van der Waals surface area (Å²) in [7, 11) is -9.28. The van der Waals surface area contributed by atoms with Gasteiger partial charge in [-0.1, -0.05) is 12.8 Å². The molecule has 104 valence electrons. The quantitative estimate of drug-likeness (QED) is 0.469. The van der Waals surface area contributed by atoms with Crippen LogP contribution < -0.4 is 10.6 Å². The van der Waals surface area contributed by atoms with E-state index in [0.717, 1.165) is 25.7 Å². The lowest BCUT2D eigenvalue weighted by Crippen LogP contribution is -2.55. The highest BCUT2D eigenvalue weighted by molar-refractivity contribution is 7.61. The van der Waals surface area contributed by atoms with E-state index in [2.05, 4.69) is 14.9 Å². The molecule has 3 fully saturated rings. The minimum Gasteiger partial charge on any atom is -0.302 e. The van der Waals surface area contributed by atoms with E-state index in [1.165, 1.54) is 0 Å². The molecule has 11 heteroatoms. The molecule has 0 aromatic carbocycles. The van der Waals surface area contributed by atoms with Crippen LogP contribution in [0.25, 0.3) is 0 Å². The Bertz CT molecular complexity index is 417. The van der Waals surface area contributed by atoms with E-state index in [1.54, 1.807) is 0 Å². The van der Waals surface area contributed by atoms with Crippen molar-refractivity contribution in [2.24, 2.45) is 0 Å². The average Bonchev–Trinajstić information content (AvgIpc) is 2.48. The van der Waals surface area contributed by atoms with Crippen LogP contribution in [0.3, 0.4) is 0 Å². The number of fused-ring (bicyclic) bond motifs is 1. The third kappa shape index (κ3) is 2.43.